The van der Waals surface area contributed by atoms with E-state index in [9.17, 15) is 4.79 Å². The van der Waals surface area contributed by atoms with Gasteiger partial charge in [-0.25, -0.2) is 4.79 Å². The highest BCUT2D eigenvalue weighted by Crippen LogP contribution is 2.17. The first kappa shape index (κ1) is 15.6. The molecule has 1 amide bonds. The summed E-state index contributed by atoms with van der Waals surface area (Å²) in [6.07, 6.45) is 4.51. The summed E-state index contributed by atoms with van der Waals surface area (Å²) in [4.78, 5) is 13.9. The fraction of sp³-hybridized carbons (Fsp3) is 0.933. The van der Waals surface area contributed by atoms with Gasteiger partial charge in [0.2, 0.25) is 0 Å². The van der Waals surface area contributed by atoms with E-state index in [2.05, 4.69) is 10.6 Å². The van der Waals surface area contributed by atoms with Crippen LogP contribution in [0.5, 0.6) is 0 Å². The van der Waals surface area contributed by atoms with Crippen molar-refractivity contribution in [2.45, 2.75) is 64.1 Å². The Kier molecular flexibility index (Phi) is 5.27. The highest BCUT2D eigenvalue weighted by atomic mass is 16.6. The molecule has 2 saturated heterocycles. The molecule has 2 N–H and O–H groups in total. The van der Waals surface area contributed by atoms with Gasteiger partial charge in [-0.1, -0.05) is 0 Å². The average Bonchev–Trinajstić information content (AvgIpc) is 2.64. The molecule has 0 aromatic rings. The molecule has 5 heteroatoms. The van der Waals surface area contributed by atoms with E-state index in [1.165, 1.54) is 19.3 Å². The molecule has 2 atom stereocenters. The summed E-state index contributed by atoms with van der Waals surface area (Å²) in [5.74, 6) is 0. The van der Waals surface area contributed by atoms with Crippen LogP contribution in [0.25, 0.3) is 0 Å². The Bertz CT molecular complexity index is 320. The van der Waals surface area contributed by atoms with E-state index in [4.69, 9.17) is 4.74 Å². The van der Waals surface area contributed by atoms with E-state index in [1.807, 2.05) is 25.7 Å². The van der Waals surface area contributed by atoms with E-state index in [1.54, 1.807) is 0 Å². The van der Waals surface area contributed by atoms with Crippen molar-refractivity contribution in [3.05, 3.63) is 0 Å². The van der Waals surface area contributed by atoms with Gasteiger partial charge in [-0.15, -0.1) is 0 Å². The standard InChI is InChI=1S/C15H29N3O2/c1-15(2,3)20-14(19)18-10-7-13(11-18)17-12-5-4-8-16-9-6-12/h12-13,16-17H,4-11H2,1-3H3. The molecule has 0 spiro atoms. The quantitative estimate of drug-likeness (QED) is 0.810. The van der Waals surface area contributed by atoms with Crippen molar-refractivity contribution in [3.8, 4) is 0 Å². The zero-order valence-corrected chi connectivity index (χ0v) is 13.1. The van der Waals surface area contributed by atoms with Crippen molar-refractivity contribution < 1.29 is 9.53 Å². The largest absolute Gasteiger partial charge is 0.444 e. The first-order valence-corrected chi connectivity index (χ1v) is 7.89. The molecule has 0 aliphatic carbocycles. The van der Waals surface area contributed by atoms with Crippen LogP contribution >= 0.6 is 0 Å². The summed E-state index contributed by atoms with van der Waals surface area (Å²) < 4.78 is 5.43. The molecule has 20 heavy (non-hydrogen) atoms. The number of nitrogens with zero attached hydrogens (tertiary/aromatic N) is 1. The van der Waals surface area contributed by atoms with Crippen molar-refractivity contribution in [2.75, 3.05) is 26.2 Å². The highest BCUT2D eigenvalue weighted by molar-refractivity contribution is 5.68. The van der Waals surface area contributed by atoms with Gasteiger partial charge in [0.15, 0.2) is 0 Å². The lowest BCUT2D eigenvalue weighted by atomic mass is 10.1. The van der Waals surface area contributed by atoms with Crippen molar-refractivity contribution in [1.82, 2.24) is 15.5 Å². The molecular formula is C15H29N3O2. The van der Waals surface area contributed by atoms with Gasteiger partial charge in [-0.2, -0.15) is 0 Å². The number of ether oxygens (including phenoxy) is 1. The van der Waals surface area contributed by atoms with E-state index in [0.717, 1.165) is 32.6 Å². The third kappa shape index (κ3) is 4.94. The van der Waals surface area contributed by atoms with Gasteiger partial charge in [-0.05, 0) is 59.5 Å². The minimum Gasteiger partial charge on any atom is -0.444 e. The molecular weight excluding hydrogens is 254 g/mol. The van der Waals surface area contributed by atoms with Gasteiger partial charge in [0.25, 0.3) is 0 Å². The molecule has 2 fully saturated rings. The number of hydrogen-bond acceptors (Lipinski definition) is 4. The molecule has 0 saturated carbocycles. The number of hydrogen-bond donors (Lipinski definition) is 2. The fourth-order valence-electron chi connectivity index (χ4n) is 2.91. The van der Waals surface area contributed by atoms with Gasteiger partial charge in [0.1, 0.15) is 5.60 Å². The SMILES string of the molecule is CC(C)(C)OC(=O)N1CCC(NC2CCCNCC2)C1. The molecule has 0 aromatic heterocycles. The number of likely N-dealkylation sites (tertiary alicyclic amines) is 1. The maximum Gasteiger partial charge on any atom is 0.410 e. The molecule has 116 valence electrons. The van der Waals surface area contributed by atoms with E-state index in [-0.39, 0.29) is 6.09 Å². The normalized spacial score (nSPS) is 28.2. The second kappa shape index (κ2) is 6.76. The van der Waals surface area contributed by atoms with Crippen LogP contribution in [0.1, 0.15) is 46.5 Å². The molecule has 0 aromatic carbocycles. The van der Waals surface area contributed by atoms with Crippen LogP contribution in [0.3, 0.4) is 0 Å². The second-order valence-electron chi connectivity index (χ2n) is 6.96. The number of carbonyl (C=O) groups is 1. The summed E-state index contributed by atoms with van der Waals surface area (Å²) in [6.45, 7) is 9.54. The summed E-state index contributed by atoms with van der Waals surface area (Å²) in [6, 6.07) is 1.01. The third-order valence-electron chi connectivity index (χ3n) is 3.89. The zero-order chi connectivity index (χ0) is 14.6. The first-order chi connectivity index (χ1) is 9.44. The minimum absolute atomic E-state index is 0.177. The van der Waals surface area contributed by atoms with Crippen molar-refractivity contribution in [1.29, 1.82) is 0 Å². The predicted molar refractivity (Wildman–Crippen MR) is 79.9 cm³/mol. The molecule has 2 unspecified atom stereocenters. The van der Waals surface area contributed by atoms with Gasteiger partial charge < -0.3 is 20.3 Å². The smallest absolute Gasteiger partial charge is 0.410 e. The number of amides is 1. The van der Waals surface area contributed by atoms with Crippen LogP contribution in [0.4, 0.5) is 4.79 Å². The average molecular weight is 283 g/mol. The van der Waals surface area contributed by atoms with Crippen molar-refractivity contribution in [2.24, 2.45) is 0 Å². The zero-order valence-electron chi connectivity index (χ0n) is 13.1. The molecule has 5 nitrogen and oxygen atoms in total. The third-order valence-corrected chi connectivity index (χ3v) is 3.89. The summed E-state index contributed by atoms with van der Waals surface area (Å²) in [5, 5.41) is 7.15. The van der Waals surface area contributed by atoms with Crippen LogP contribution in [0.2, 0.25) is 0 Å². The molecule has 2 aliphatic rings. The monoisotopic (exact) mass is 283 g/mol. The fourth-order valence-corrected chi connectivity index (χ4v) is 2.91. The molecule has 2 aliphatic heterocycles. The maximum absolute atomic E-state index is 12.0. The number of rotatable bonds is 2. The molecule has 2 heterocycles. The molecule has 0 radical (unpaired) electrons. The lowest BCUT2D eigenvalue weighted by Crippen LogP contribution is -2.42. The molecule has 0 bridgehead atoms. The van der Waals surface area contributed by atoms with Crippen molar-refractivity contribution >= 4 is 6.09 Å². The Labute approximate surface area is 122 Å². The lowest BCUT2D eigenvalue weighted by molar-refractivity contribution is 0.0290. The maximum atomic E-state index is 12.0. The summed E-state index contributed by atoms with van der Waals surface area (Å²) in [5.41, 5.74) is -0.407. The second-order valence-corrected chi connectivity index (χ2v) is 6.96. The first-order valence-electron chi connectivity index (χ1n) is 7.89. The highest BCUT2D eigenvalue weighted by Gasteiger charge is 2.30. The van der Waals surface area contributed by atoms with Gasteiger partial charge in [0, 0.05) is 25.2 Å². The van der Waals surface area contributed by atoms with Gasteiger partial charge in [0.05, 0.1) is 0 Å². The van der Waals surface area contributed by atoms with Gasteiger partial charge in [-0.3, -0.25) is 0 Å². The van der Waals surface area contributed by atoms with Crippen LogP contribution in [-0.4, -0.2) is 54.9 Å². The Balaban J connectivity index is 1.75. The van der Waals surface area contributed by atoms with Crippen LogP contribution in [0.15, 0.2) is 0 Å². The van der Waals surface area contributed by atoms with E-state index in [0.29, 0.717) is 12.1 Å². The Morgan fingerprint density at radius 2 is 2.00 bits per heavy atom. The number of nitrogens with one attached hydrogen (secondary N) is 2. The van der Waals surface area contributed by atoms with Crippen LogP contribution in [0, 0.1) is 0 Å². The topological polar surface area (TPSA) is 53.6 Å². The van der Waals surface area contributed by atoms with Crippen molar-refractivity contribution in [3.63, 3.8) is 0 Å². The Morgan fingerprint density at radius 3 is 2.75 bits per heavy atom. The Hall–Kier alpha value is -0.810. The predicted octanol–water partition coefficient (Wildman–Crippen LogP) is 1.73. The van der Waals surface area contributed by atoms with Crippen LogP contribution < -0.4 is 10.6 Å². The van der Waals surface area contributed by atoms with E-state index >= 15 is 0 Å². The summed E-state index contributed by atoms with van der Waals surface area (Å²) >= 11 is 0. The van der Waals surface area contributed by atoms with E-state index < -0.39 is 5.60 Å². The lowest BCUT2D eigenvalue weighted by Gasteiger charge is -2.25. The summed E-state index contributed by atoms with van der Waals surface area (Å²) in [7, 11) is 0. The van der Waals surface area contributed by atoms with Gasteiger partial charge >= 0.3 is 6.09 Å². The Morgan fingerprint density at radius 1 is 1.20 bits per heavy atom. The molecule has 2 rings (SSSR count). The number of carbonyl (C=O) groups excluding carboxylic acids is 1. The van der Waals surface area contributed by atoms with Crippen LogP contribution in [-0.2, 0) is 4.74 Å². The minimum atomic E-state index is -0.407.